The van der Waals surface area contributed by atoms with Crippen molar-refractivity contribution >= 4 is 5.78 Å². The Balaban J connectivity index is 2.76. The Morgan fingerprint density at radius 1 is 1.82 bits per heavy atom. The Hall–Kier alpha value is -1.16. The molecule has 1 aromatic heterocycles. The molecule has 0 saturated heterocycles. The van der Waals surface area contributed by atoms with Gasteiger partial charge < -0.3 is 10.2 Å². The van der Waals surface area contributed by atoms with Crippen molar-refractivity contribution in [3.63, 3.8) is 0 Å². The summed E-state index contributed by atoms with van der Waals surface area (Å²) >= 11 is 0. The average molecular weight is 154 g/mol. The number of carbonyl (C=O) groups excluding carboxylic acids is 1. The Labute approximate surface area is 64.4 Å². The number of aromatic nitrogens is 1. The van der Waals surface area contributed by atoms with Crippen LogP contribution in [0.15, 0.2) is 10.8 Å². The summed E-state index contributed by atoms with van der Waals surface area (Å²) in [6, 6.07) is 0. The van der Waals surface area contributed by atoms with Crippen LogP contribution in [0.1, 0.15) is 22.7 Å². The van der Waals surface area contributed by atoms with E-state index in [2.05, 4.69) is 4.98 Å². The van der Waals surface area contributed by atoms with Gasteiger partial charge >= 0.3 is 0 Å². The lowest BCUT2D eigenvalue weighted by atomic mass is 10.2. The van der Waals surface area contributed by atoms with E-state index in [4.69, 9.17) is 10.2 Å². The SMILES string of the molecule is Cc1ncoc1C(=O)CCN. The first-order chi connectivity index (χ1) is 5.25. The van der Waals surface area contributed by atoms with E-state index in [0.29, 0.717) is 24.4 Å². The van der Waals surface area contributed by atoms with Crippen molar-refractivity contribution < 1.29 is 9.21 Å². The average Bonchev–Trinajstić information content (AvgIpc) is 2.36. The van der Waals surface area contributed by atoms with Gasteiger partial charge in [0, 0.05) is 6.42 Å². The van der Waals surface area contributed by atoms with Gasteiger partial charge in [0.05, 0.1) is 5.69 Å². The van der Waals surface area contributed by atoms with Gasteiger partial charge in [0.1, 0.15) is 0 Å². The van der Waals surface area contributed by atoms with Crippen LogP contribution in [-0.4, -0.2) is 17.3 Å². The van der Waals surface area contributed by atoms with Crippen LogP contribution in [0.2, 0.25) is 0 Å². The lowest BCUT2D eigenvalue weighted by Gasteiger charge is -1.92. The molecule has 0 aliphatic rings. The molecule has 4 heteroatoms. The molecule has 0 radical (unpaired) electrons. The third-order valence-corrected chi connectivity index (χ3v) is 1.37. The normalized spacial score (nSPS) is 10.0. The minimum atomic E-state index is -0.0810. The van der Waals surface area contributed by atoms with Gasteiger partial charge in [-0.05, 0) is 13.5 Å². The zero-order valence-electron chi connectivity index (χ0n) is 6.33. The van der Waals surface area contributed by atoms with Gasteiger partial charge in [-0.2, -0.15) is 0 Å². The first-order valence-electron chi connectivity index (χ1n) is 3.39. The van der Waals surface area contributed by atoms with E-state index < -0.39 is 0 Å². The molecule has 0 saturated carbocycles. The van der Waals surface area contributed by atoms with E-state index in [1.165, 1.54) is 6.39 Å². The molecule has 0 atom stereocenters. The third kappa shape index (κ3) is 1.65. The number of hydrogen-bond acceptors (Lipinski definition) is 4. The van der Waals surface area contributed by atoms with E-state index in [-0.39, 0.29) is 5.78 Å². The summed E-state index contributed by atoms with van der Waals surface area (Å²) in [5, 5.41) is 0. The second-order valence-corrected chi connectivity index (χ2v) is 2.23. The van der Waals surface area contributed by atoms with Crippen molar-refractivity contribution in [3.05, 3.63) is 17.8 Å². The van der Waals surface area contributed by atoms with Gasteiger partial charge in [-0.15, -0.1) is 0 Å². The van der Waals surface area contributed by atoms with Gasteiger partial charge in [0.15, 0.2) is 12.2 Å². The summed E-state index contributed by atoms with van der Waals surface area (Å²) in [7, 11) is 0. The molecule has 1 aromatic rings. The van der Waals surface area contributed by atoms with Crippen LogP contribution < -0.4 is 5.73 Å². The predicted octanol–water partition coefficient (Wildman–Crippen LogP) is 0.515. The van der Waals surface area contributed by atoms with Gasteiger partial charge in [0.2, 0.25) is 5.78 Å². The molecular weight excluding hydrogens is 144 g/mol. The molecule has 11 heavy (non-hydrogen) atoms. The molecule has 0 fully saturated rings. The zero-order valence-corrected chi connectivity index (χ0v) is 6.33. The Kier molecular flexibility index (Phi) is 2.38. The monoisotopic (exact) mass is 154 g/mol. The van der Waals surface area contributed by atoms with Crippen molar-refractivity contribution in [1.29, 1.82) is 0 Å². The number of rotatable bonds is 3. The quantitative estimate of drug-likeness (QED) is 0.644. The minimum Gasteiger partial charge on any atom is -0.440 e. The van der Waals surface area contributed by atoms with Gasteiger partial charge in [0.25, 0.3) is 0 Å². The Morgan fingerprint density at radius 3 is 3.00 bits per heavy atom. The number of carbonyl (C=O) groups is 1. The van der Waals surface area contributed by atoms with Gasteiger partial charge in [-0.3, -0.25) is 4.79 Å². The first-order valence-corrected chi connectivity index (χ1v) is 3.39. The summed E-state index contributed by atoms with van der Waals surface area (Å²) in [6.07, 6.45) is 1.58. The number of Topliss-reactive ketones (excluding diaryl/α,β-unsaturated/α-hetero) is 1. The Bertz CT molecular complexity index is 255. The van der Waals surface area contributed by atoms with Crippen LogP contribution in [0.25, 0.3) is 0 Å². The fraction of sp³-hybridized carbons (Fsp3) is 0.429. The molecule has 1 rings (SSSR count). The van der Waals surface area contributed by atoms with Crippen molar-refractivity contribution in [3.8, 4) is 0 Å². The van der Waals surface area contributed by atoms with Crippen LogP contribution in [0.4, 0.5) is 0 Å². The molecule has 0 aromatic carbocycles. The predicted molar refractivity (Wildman–Crippen MR) is 39.2 cm³/mol. The van der Waals surface area contributed by atoms with Crippen LogP contribution >= 0.6 is 0 Å². The number of oxazole rings is 1. The van der Waals surface area contributed by atoms with E-state index in [0.717, 1.165) is 0 Å². The largest absolute Gasteiger partial charge is 0.440 e. The highest BCUT2D eigenvalue weighted by Crippen LogP contribution is 2.06. The molecule has 0 aliphatic carbocycles. The first kappa shape index (κ1) is 7.94. The minimum absolute atomic E-state index is 0.0810. The molecule has 0 bridgehead atoms. The zero-order chi connectivity index (χ0) is 8.27. The summed E-state index contributed by atoms with van der Waals surface area (Å²) in [6.45, 7) is 2.08. The lowest BCUT2D eigenvalue weighted by Crippen LogP contribution is -2.08. The van der Waals surface area contributed by atoms with Crippen LogP contribution in [-0.2, 0) is 0 Å². The summed E-state index contributed by atoms with van der Waals surface area (Å²) in [5.41, 5.74) is 5.83. The summed E-state index contributed by atoms with van der Waals surface area (Å²) in [5.74, 6) is 0.248. The fourth-order valence-corrected chi connectivity index (χ4v) is 0.814. The van der Waals surface area contributed by atoms with E-state index >= 15 is 0 Å². The Morgan fingerprint density at radius 2 is 2.55 bits per heavy atom. The number of ketones is 1. The molecule has 60 valence electrons. The highest BCUT2D eigenvalue weighted by Gasteiger charge is 2.11. The fourth-order valence-electron chi connectivity index (χ4n) is 0.814. The highest BCUT2D eigenvalue weighted by atomic mass is 16.3. The summed E-state index contributed by atoms with van der Waals surface area (Å²) < 4.78 is 4.86. The smallest absolute Gasteiger partial charge is 0.201 e. The maximum Gasteiger partial charge on any atom is 0.201 e. The van der Waals surface area contributed by atoms with Crippen molar-refractivity contribution in [2.75, 3.05) is 6.54 Å². The van der Waals surface area contributed by atoms with Gasteiger partial charge in [-0.25, -0.2) is 4.98 Å². The molecular formula is C7H10N2O2. The standard InChI is InChI=1S/C7H10N2O2/c1-5-7(11-4-9-5)6(10)2-3-8/h4H,2-3,8H2,1H3. The van der Waals surface area contributed by atoms with Crippen molar-refractivity contribution in [2.45, 2.75) is 13.3 Å². The summed E-state index contributed by atoms with van der Waals surface area (Å²) in [4.78, 5) is 14.9. The molecule has 0 unspecified atom stereocenters. The lowest BCUT2D eigenvalue weighted by molar-refractivity contribution is 0.0958. The van der Waals surface area contributed by atoms with Crippen LogP contribution in [0.5, 0.6) is 0 Å². The topological polar surface area (TPSA) is 69.1 Å². The second-order valence-electron chi connectivity index (χ2n) is 2.23. The van der Waals surface area contributed by atoms with Crippen LogP contribution in [0.3, 0.4) is 0 Å². The molecule has 2 N–H and O–H groups in total. The molecule has 0 aliphatic heterocycles. The molecule has 4 nitrogen and oxygen atoms in total. The molecule has 0 spiro atoms. The van der Waals surface area contributed by atoms with E-state index in [9.17, 15) is 4.79 Å². The third-order valence-electron chi connectivity index (χ3n) is 1.37. The number of hydrogen-bond donors (Lipinski definition) is 1. The molecule has 0 amide bonds. The number of nitrogens with two attached hydrogens (primary N) is 1. The second kappa shape index (κ2) is 3.30. The van der Waals surface area contributed by atoms with E-state index in [1.807, 2.05) is 0 Å². The highest BCUT2D eigenvalue weighted by molar-refractivity contribution is 5.94. The van der Waals surface area contributed by atoms with Crippen molar-refractivity contribution in [2.24, 2.45) is 5.73 Å². The van der Waals surface area contributed by atoms with Crippen molar-refractivity contribution in [1.82, 2.24) is 4.98 Å². The van der Waals surface area contributed by atoms with Gasteiger partial charge in [-0.1, -0.05) is 0 Å². The number of nitrogens with zero attached hydrogens (tertiary/aromatic N) is 1. The number of aryl methyl sites for hydroxylation is 1. The molecule has 1 heterocycles. The van der Waals surface area contributed by atoms with Crippen LogP contribution in [0, 0.1) is 6.92 Å². The maximum absolute atomic E-state index is 11.1. The van der Waals surface area contributed by atoms with E-state index in [1.54, 1.807) is 6.92 Å². The maximum atomic E-state index is 11.1.